The molecule has 0 radical (unpaired) electrons. The van der Waals surface area contributed by atoms with Crippen LogP contribution in [0, 0.1) is 17.1 Å². The molecular formula is C20H24FIN4O. The third-order valence-electron chi connectivity index (χ3n) is 3.84. The highest BCUT2D eigenvalue weighted by Crippen LogP contribution is 2.14. The van der Waals surface area contributed by atoms with Gasteiger partial charge in [0.15, 0.2) is 5.96 Å². The first-order chi connectivity index (χ1) is 12.6. The number of nitrogens with one attached hydrogen (secondary N) is 1. The molecule has 2 aromatic rings. The highest BCUT2D eigenvalue weighted by molar-refractivity contribution is 14.0. The minimum Gasteiger partial charge on any atom is -0.494 e. The standard InChI is InChI=1S/C20H23FN4O.HI/c1-4-26-18-8-5-15(6-9-18)14-25(3)20(23-2)24-13-17-11-16(12-22)7-10-19(17)21;/h5-11H,4,13-14H2,1-3H3,(H,23,24);1H. The number of guanidine groups is 1. The van der Waals surface area contributed by atoms with Crippen LogP contribution >= 0.6 is 24.0 Å². The summed E-state index contributed by atoms with van der Waals surface area (Å²) < 4.78 is 19.3. The molecular weight excluding hydrogens is 458 g/mol. The third kappa shape index (κ3) is 6.71. The van der Waals surface area contributed by atoms with Crippen molar-refractivity contribution in [2.75, 3.05) is 20.7 Å². The van der Waals surface area contributed by atoms with Gasteiger partial charge < -0.3 is 15.0 Å². The average Bonchev–Trinajstić information content (AvgIpc) is 2.65. The number of nitrogens with zero attached hydrogens (tertiary/aromatic N) is 3. The first-order valence-electron chi connectivity index (χ1n) is 8.39. The van der Waals surface area contributed by atoms with Crippen LogP contribution in [0.5, 0.6) is 5.75 Å². The second kappa shape index (κ2) is 11.4. The van der Waals surface area contributed by atoms with Crippen molar-refractivity contribution in [3.8, 4) is 11.8 Å². The molecule has 5 nitrogen and oxygen atoms in total. The lowest BCUT2D eigenvalue weighted by Gasteiger charge is -2.22. The minimum atomic E-state index is -0.346. The van der Waals surface area contributed by atoms with Crippen molar-refractivity contribution in [2.24, 2.45) is 4.99 Å². The van der Waals surface area contributed by atoms with E-state index in [2.05, 4.69) is 10.3 Å². The maximum Gasteiger partial charge on any atom is 0.193 e. The van der Waals surface area contributed by atoms with Crippen molar-refractivity contribution < 1.29 is 9.13 Å². The molecule has 0 fully saturated rings. The Morgan fingerprint density at radius 1 is 1.26 bits per heavy atom. The number of rotatable bonds is 6. The van der Waals surface area contributed by atoms with Crippen molar-refractivity contribution in [1.82, 2.24) is 10.2 Å². The largest absolute Gasteiger partial charge is 0.494 e. The van der Waals surface area contributed by atoms with Crippen molar-refractivity contribution in [2.45, 2.75) is 20.0 Å². The zero-order chi connectivity index (χ0) is 18.9. The van der Waals surface area contributed by atoms with E-state index in [1.807, 2.05) is 49.2 Å². The van der Waals surface area contributed by atoms with Crippen LogP contribution < -0.4 is 10.1 Å². The highest BCUT2D eigenvalue weighted by Gasteiger charge is 2.09. The number of benzene rings is 2. The van der Waals surface area contributed by atoms with Crippen LogP contribution in [0.4, 0.5) is 4.39 Å². The molecule has 0 aliphatic carbocycles. The topological polar surface area (TPSA) is 60.6 Å². The van der Waals surface area contributed by atoms with Gasteiger partial charge in [-0.15, -0.1) is 24.0 Å². The lowest BCUT2D eigenvalue weighted by atomic mass is 10.1. The summed E-state index contributed by atoms with van der Waals surface area (Å²) in [6.07, 6.45) is 0. The van der Waals surface area contributed by atoms with Gasteiger partial charge in [-0.2, -0.15) is 5.26 Å². The molecule has 0 aromatic heterocycles. The van der Waals surface area contributed by atoms with Gasteiger partial charge in [-0.1, -0.05) is 12.1 Å². The molecule has 0 aliphatic heterocycles. The van der Waals surface area contributed by atoms with E-state index in [9.17, 15) is 4.39 Å². The normalized spacial score (nSPS) is 10.6. The lowest BCUT2D eigenvalue weighted by molar-refractivity contribution is 0.340. The molecule has 0 heterocycles. The smallest absolute Gasteiger partial charge is 0.193 e. The van der Waals surface area contributed by atoms with Crippen molar-refractivity contribution in [3.63, 3.8) is 0 Å². The quantitative estimate of drug-likeness (QED) is 0.385. The van der Waals surface area contributed by atoms with Gasteiger partial charge in [0.2, 0.25) is 0 Å². The summed E-state index contributed by atoms with van der Waals surface area (Å²) in [5.41, 5.74) is 1.97. The van der Waals surface area contributed by atoms with E-state index >= 15 is 0 Å². The monoisotopic (exact) mass is 482 g/mol. The number of aliphatic imine (C=N–C) groups is 1. The van der Waals surface area contributed by atoms with Gasteiger partial charge in [0.25, 0.3) is 0 Å². The Balaban J connectivity index is 0.00000364. The molecule has 0 spiro atoms. The Labute approximate surface area is 176 Å². The van der Waals surface area contributed by atoms with Gasteiger partial charge in [-0.25, -0.2) is 4.39 Å². The zero-order valence-corrected chi connectivity index (χ0v) is 18.0. The lowest BCUT2D eigenvalue weighted by Crippen LogP contribution is -2.38. The summed E-state index contributed by atoms with van der Waals surface area (Å²) in [4.78, 5) is 6.18. The fourth-order valence-electron chi connectivity index (χ4n) is 2.55. The van der Waals surface area contributed by atoms with E-state index in [0.29, 0.717) is 30.2 Å². The van der Waals surface area contributed by atoms with Gasteiger partial charge in [-0.05, 0) is 42.8 Å². The van der Waals surface area contributed by atoms with Gasteiger partial charge in [0.05, 0.1) is 18.2 Å². The summed E-state index contributed by atoms with van der Waals surface area (Å²) >= 11 is 0. The number of ether oxygens (including phenoxy) is 1. The van der Waals surface area contributed by atoms with Crippen LogP contribution in [0.2, 0.25) is 0 Å². The van der Waals surface area contributed by atoms with Gasteiger partial charge >= 0.3 is 0 Å². The molecule has 0 bridgehead atoms. The first-order valence-corrected chi connectivity index (χ1v) is 8.39. The molecule has 0 saturated carbocycles. The van der Waals surface area contributed by atoms with Crippen molar-refractivity contribution in [3.05, 3.63) is 65.0 Å². The second-order valence-electron chi connectivity index (χ2n) is 5.75. The average molecular weight is 482 g/mol. The van der Waals surface area contributed by atoms with Gasteiger partial charge in [-0.3, -0.25) is 4.99 Å². The summed E-state index contributed by atoms with van der Waals surface area (Å²) in [5, 5.41) is 12.1. The molecule has 2 aromatic carbocycles. The Hall–Kier alpha value is -2.34. The van der Waals surface area contributed by atoms with E-state index in [0.717, 1.165) is 11.3 Å². The van der Waals surface area contributed by atoms with Gasteiger partial charge in [0, 0.05) is 32.7 Å². The number of nitriles is 1. The van der Waals surface area contributed by atoms with E-state index in [4.69, 9.17) is 10.00 Å². The molecule has 0 aliphatic rings. The molecule has 2 rings (SSSR count). The van der Waals surface area contributed by atoms with Crippen LogP contribution in [0.15, 0.2) is 47.5 Å². The molecule has 1 N–H and O–H groups in total. The van der Waals surface area contributed by atoms with Gasteiger partial charge in [0.1, 0.15) is 11.6 Å². The summed E-state index contributed by atoms with van der Waals surface area (Å²) in [7, 11) is 3.59. The van der Waals surface area contributed by atoms with E-state index in [1.165, 1.54) is 12.1 Å². The maximum absolute atomic E-state index is 13.9. The Morgan fingerprint density at radius 3 is 2.56 bits per heavy atom. The zero-order valence-electron chi connectivity index (χ0n) is 15.7. The first kappa shape index (κ1) is 22.7. The summed E-state index contributed by atoms with van der Waals surface area (Å²) in [6.45, 7) is 3.49. The fourth-order valence-corrected chi connectivity index (χ4v) is 2.55. The van der Waals surface area contributed by atoms with Crippen molar-refractivity contribution >= 4 is 29.9 Å². The van der Waals surface area contributed by atoms with E-state index in [1.54, 1.807) is 13.1 Å². The maximum atomic E-state index is 13.9. The molecule has 0 saturated heterocycles. The molecule has 7 heteroatoms. The van der Waals surface area contributed by atoms with Crippen LogP contribution in [0.1, 0.15) is 23.6 Å². The molecule has 27 heavy (non-hydrogen) atoms. The Bertz CT molecular complexity index is 803. The van der Waals surface area contributed by atoms with Crippen molar-refractivity contribution in [1.29, 1.82) is 5.26 Å². The minimum absolute atomic E-state index is 0. The SMILES string of the molecule is CCOc1ccc(CN(C)C(=NC)NCc2cc(C#N)ccc2F)cc1.I. The highest BCUT2D eigenvalue weighted by atomic mass is 127. The molecule has 0 atom stereocenters. The Morgan fingerprint density at radius 2 is 1.96 bits per heavy atom. The van der Waals surface area contributed by atoms with E-state index in [-0.39, 0.29) is 36.3 Å². The number of halogens is 2. The third-order valence-corrected chi connectivity index (χ3v) is 3.84. The summed E-state index contributed by atoms with van der Waals surface area (Å²) in [6, 6.07) is 14.2. The van der Waals surface area contributed by atoms with Crippen LogP contribution in [-0.2, 0) is 13.1 Å². The number of hydrogen-bond acceptors (Lipinski definition) is 3. The van der Waals surface area contributed by atoms with Crippen LogP contribution in [-0.4, -0.2) is 31.6 Å². The van der Waals surface area contributed by atoms with Crippen LogP contribution in [0.3, 0.4) is 0 Å². The molecule has 144 valence electrons. The molecule has 0 amide bonds. The van der Waals surface area contributed by atoms with Crippen LogP contribution in [0.25, 0.3) is 0 Å². The number of hydrogen-bond donors (Lipinski definition) is 1. The predicted molar refractivity (Wildman–Crippen MR) is 116 cm³/mol. The summed E-state index contributed by atoms with van der Waals surface area (Å²) in [5.74, 6) is 1.14. The van der Waals surface area contributed by atoms with E-state index < -0.39 is 0 Å². The second-order valence-corrected chi connectivity index (χ2v) is 5.75. The molecule has 0 unspecified atom stereocenters. The predicted octanol–water partition coefficient (Wildman–Crippen LogP) is 3.92. The fraction of sp³-hybridized carbons (Fsp3) is 0.300. The Kier molecular flexibility index (Phi) is 9.58.